The molecule has 2 N–H and O–H groups in total. The van der Waals surface area contributed by atoms with E-state index in [0.29, 0.717) is 6.04 Å². The lowest BCUT2D eigenvalue weighted by molar-refractivity contribution is -0.124. The van der Waals surface area contributed by atoms with Gasteiger partial charge in [-0.25, -0.2) is 0 Å². The zero-order chi connectivity index (χ0) is 13.9. The van der Waals surface area contributed by atoms with Crippen LogP contribution in [0.25, 0.3) is 0 Å². The summed E-state index contributed by atoms with van der Waals surface area (Å²) in [5, 5.41) is 6.56. The molecule has 0 unspecified atom stereocenters. The van der Waals surface area contributed by atoms with Gasteiger partial charge < -0.3 is 15.5 Å². The minimum Gasteiger partial charge on any atom is -0.352 e. The molecule has 2 aliphatic rings. The van der Waals surface area contributed by atoms with Crippen molar-refractivity contribution in [2.75, 3.05) is 20.1 Å². The van der Waals surface area contributed by atoms with Crippen molar-refractivity contribution < 1.29 is 4.79 Å². The van der Waals surface area contributed by atoms with Crippen LogP contribution in [0, 0.1) is 0 Å². The number of nitrogens with one attached hydrogen (secondary N) is 2. The van der Waals surface area contributed by atoms with Crippen molar-refractivity contribution in [3.63, 3.8) is 0 Å². The number of benzene rings is 1. The van der Waals surface area contributed by atoms with Gasteiger partial charge in [0.2, 0.25) is 5.91 Å². The molecule has 0 saturated carbocycles. The summed E-state index contributed by atoms with van der Waals surface area (Å²) < 4.78 is 0. The molecule has 1 aromatic rings. The van der Waals surface area contributed by atoms with Crippen molar-refractivity contribution in [2.24, 2.45) is 0 Å². The lowest BCUT2D eigenvalue weighted by Crippen LogP contribution is -2.52. The van der Waals surface area contributed by atoms with E-state index in [1.165, 1.54) is 11.1 Å². The van der Waals surface area contributed by atoms with E-state index in [9.17, 15) is 4.79 Å². The van der Waals surface area contributed by atoms with Crippen LogP contribution in [0.2, 0.25) is 0 Å². The molecule has 4 heteroatoms. The first kappa shape index (κ1) is 13.6. The second-order valence-corrected chi connectivity index (χ2v) is 5.99. The lowest BCUT2D eigenvalue weighted by Gasteiger charge is -2.32. The molecule has 1 aromatic carbocycles. The fourth-order valence-electron chi connectivity index (χ4n) is 3.09. The molecule has 2 heterocycles. The van der Waals surface area contributed by atoms with Gasteiger partial charge in [0.15, 0.2) is 0 Å². The summed E-state index contributed by atoms with van der Waals surface area (Å²) in [6.07, 6.45) is 2.92. The predicted octanol–water partition coefficient (Wildman–Crippen LogP) is 0.911. The minimum atomic E-state index is -0.0791. The third-order valence-electron chi connectivity index (χ3n) is 4.46. The van der Waals surface area contributed by atoms with E-state index < -0.39 is 0 Å². The predicted molar refractivity (Wildman–Crippen MR) is 79.4 cm³/mol. The molecule has 4 nitrogen and oxygen atoms in total. The van der Waals surface area contributed by atoms with Crippen molar-refractivity contribution in [1.82, 2.24) is 15.5 Å². The Morgan fingerprint density at radius 3 is 2.70 bits per heavy atom. The van der Waals surface area contributed by atoms with Crippen LogP contribution in [0.3, 0.4) is 0 Å². The van der Waals surface area contributed by atoms with E-state index in [1.54, 1.807) is 0 Å². The average molecular weight is 273 g/mol. The Hall–Kier alpha value is -1.39. The molecule has 3 rings (SSSR count). The number of hydrogen-bond donors (Lipinski definition) is 2. The summed E-state index contributed by atoms with van der Waals surface area (Å²) in [7, 11) is 2.14. The third kappa shape index (κ3) is 3.02. The molecular weight excluding hydrogens is 250 g/mol. The fraction of sp³-hybridized carbons (Fsp3) is 0.562. The van der Waals surface area contributed by atoms with Crippen molar-refractivity contribution in [2.45, 2.75) is 37.9 Å². The molecule has 0 spiro atoms. The maximum Gasteiger partial charge on any atom is 0.237 e. The van der Waals surface area contributed by atoms with Crippen LogP contribution in [-0.2, 0) is 17.8 Å². The molecule has 1 fully saturated rings. The van der Waals surface area contributed by atoms with Crippen LogP contribution in [0.1, 0.15) is 24.0 Å². The Bertz CT molecular complexity index is 480. The van der Waals surface area contributed by atoms with Gasteiger partial charge in [-0.05, 0) is 50.5 Å². The molecule has 2 aliphatic heterocycles. The normalized spacial score (nSPS) is 24.1. The number of carbonyl (C=O) groups is 1. The SMILES string of the molecule is CN1CCC(NC(=O)[C@H]2Cc3ccccc3CN2)CC1. The largest absolute Gasteiger partial charge is 0.352 e. The van der Waals surface area contributed by atoms with Gasteiger partial charge in [0.05, 0.1) is 6.04 Å². The van der Waals surface area contributed by atoms with Crippen LogP contribution in [0.5, 0.6) is 0 Å². The number of likely N-dealkylation sites (tertiary alicyclic amines) is 1. The molecule has 0 radical (unpaired) electrons. The highest BCUT2D eigenvalue weighted by atomic mass is 16.2. The van der Waals surface area contributed by atoms with Crippen molar-refractivity contribution >= 4 is 5.91 Å². The molecule has 1 atom stereocenters. The molecule has 20 heavy (non-hydrogen) atoms. The van der Waals surface area contributed by atoms with Gasteiger partial charge >= 0.3 is 0 Å². The van der Waals surface area contributed by atoms with E-state index >= 15 is 0 Å². The number of rotatable bonds is 2. The van der Waals surface area contributed by atoms with E-state index in [2.05, 4.69) is 46.8 Å². The molecule has 1 saturated heterocycles. The van der Waals surface area contributed by atoms with Gasteiger partial charge in [-0.15, -0.1) is 0 Å². The zero-order valence-corrected chi connectivity index (χ0v) is 12.1. The number of piperidine rings is 1. The van der Waals surface area contributed by atoms with Crippen LogP contribution < -0.4 is 10.6 Å². The Morgan fingerprint density at radius 1 is 1.25 bits per heavy atom. The minimum absolute atomic E-state index is 0.0791. The summed E-state index contributed by atoms with van der Waals surface area (Å²) in [4.78, 5) is 14.7. The molecule has 0 aromatic heterocycles. The molecule has 0 bridgehead atoms. The number of fused-ring (bicyclic) bond motifs is 1. The molecular formula is C16H23N3O. The van der Waals surface area contributed by atoms with Gasteiger partial charge in [0.1, 0.15) is 0 Å². The summed E-state index contributed by atoms with van der Waals surface area (Å²) in [5.74, 6) is 0.161. The smallest absolute Gasteiger partial charge is 0.237 e. The molecule has 108 valence electrons. The maximum absolute atomic E-state index is 12.4. The Labute approximate surface area is 120 Å². The summed E-state index contributed by atoms with van der Waals surface area (Å²) in [5.41, 5.74) is 2.62. The van der Waals surface area contributed by atoms with Gasteiger partial charge in [0, 0.05) is 12.6 Å². The van der Waals surface area contributed by atoms with E-state index in [0.717, 1.165) is 38.9 Å². The van der Waals surface area contributed by atoms with Crippen molar-refractivity contribution in [3.05, 3.63) is 35.4 Å². The topological polar surface area (TPSA) is 44.4 Å². The standard InChI is InChI=1S/C16H23N3O/c1-19-8-6-14(7-9-19)18-16(20)15-10-12-4-2-3-5-13(12)11-17-15/h2-5,14-15,17H,6-11H2,1H3,(H,18,20)/t15-/m1/s1. The van der Waals surface area contributed by atoms with Crippen LogP contribution in [-0.4, -0.2) is 43.0 Å². The monoisotopic (exact) mass is 273 g/mol. The fourth-order valence-corrected chi connectivity index (χ4v) is 3.09. The Kier molecular flexibility index (Phi) is 4.03. The van der Waals surface area contributed by atoms with Gasteiger partial charge in [-0.3, -0.25) is 4.79 Å². The lowest BCUT2D eigenvalue weighted by atomic mass is 9.95. The number of carbonyl (C=O) groups excluding carboxylic acids is 1. The number of amides is 1. The second kappa shape index (κ2) is 5.94. The van der Waals surface area contributed by atoms with Crippen LogP contribution >= 0.6 is 0 Å². The first-order valence-electron chi connectivity index (χ1n) is 7.51. The highest BCUT2D eigenvalue weighted by molar-refractivity contribution is 5.82. The second-order valence-electron chi connectivity index (χ2n) is 5.99. The van der Waals surface area contributed by atoms with E-state index in [-0.39, 0.29) is 11.9 Å². The molecule has 1 amide bonds. The highest BCUT2D eigenvalue weighted by Crippen LogP contribution is 2.17. The van der Waals surface area contributed by atoms with E-state index in [1.807, 2.05) is 0 Å². The Morgan fingerprint density at radius 2 is 1.95 bits per heavy atom. The van der Waals surface area contributed by atoms with Crippen molar-refractivity contribution in [3.8, 4) is 0 Å². The Balaban J connectivity index is 1.56. The summed E-state index contributed by atoms with van der Waals surface area (Å²) in [6, 6.07) is 8.64. The van der Waals surface area contributed by atoms with Crippen LogP contribution in [0.15, 0.2) is 24.3 Å². The van der Waals surface area contributed by atoms with E-state index in [4.69, 9.17) is 0 Å². The summed E-state index contributed by atoms with van der Waals surface area (Å²) in [6.45, 7) is 2.94. The third-order valence-corrected chi connectivity index (χ3v) is 4.46. The molecule has 0 aliphatic carbocycles. The number of nitrogens with zero attached hydrogens (tertiary/aromatic N) is 1. The zero-order valence-electron chi connectivity index (χ0n) is 12.1. The maximum atomic E-state index is 12.4. The quantitative estimate of drug-likeness (QED) is 0.842. The number of hydrogen-bond acceptors (Lipinski definition) is 3. The van der Waals surface area contributed by atoms with Gasteiger partial charge in [-0.2, -0.15) is 0 Å². The van der Waals surface area contributed by atoms with Gasteiger partial charge in [-0.1, -0.05) is 24.3 Å². The summed E-state index contributed by atoms with van der Waals surface area (Å²) >= 11 is 0. The highest BCUT2D eigenvalue weighted by Gasteiger charge is 2.26. The average Bonchev–Trinajstić information content (AvgIpc) is 2.49. The first-order valence-corrected chi connectivity index (χ1v) is 7.51. The first-order chi connectivity index (χ1) is 9.72. The van der Waals surface area contributed by atoms with Crippen LogP contribution in [0.4, 0.5) is 0 Å². The van der Waals surface area contributed by atoms with Gasteiger partial charge in [0.25, 0.3) is 0 Å². The van der Waals surface area contributed by atoms with Crippen molar-refractivity contribution in [1.29, 1.82) is 0 Å².